The van der Waals surface area contributed by atoms with Gasteiger partial charge in [-0.05, 0) is 48.9 Å². The molecule has 0 bridgehead atoms. The van der Waals surface area contributed by atoms with Crippen LogP contribution in [0, 0.1) is 0 Å². The molecule has 0 amide bonds. The minimum atomic E-state index is 0.514. The summed E-state index contributed by atoms with van der Waals surface area (Å²) >= 11 is 1.96. The summed E-state index contributed by atoms with van der Waals surface area (Å²) in [4.78, 5) is 1.42. The molecule has 1 fully saturated rings. The van der Waals surface area contributed by atoms with Gasteiger partial charge in [-0.15, -0.1) is 11.8 Å². The van der Waals surface area contributed by atoms with Crippen molar-refractivity contribution in [3.63, 3.8) is 0 Å². The summed E-state index contributed by atoms with van der Waals surface area (Å²) in [5.74, 6) is 1.11. The van der Waals surface area contributed by atoms with Gasteiger partial charge >= 0.3 is 0 Å². The van der Waals surface area contributed by atoms with Gasteiger partial charge in [0.1, 0.15) is 0 Å². The third-order valence-electron chi connectivity index (χ3n) is 3.77. The highest BCUT2D eigenvalue weighted by Crippen LogP contribution is 2.27. The van der Waals surface area contributed by atoms with E-state index in [-0.39, 0.29) is 0 Å². The van der Waals surface area contributed by atoms with Gasteiger partial charge in [0.25, 0.3) is 0 Å². The lowest BCUT2D eigenvalue weighted by atomic mass is 9.92. The van der Waals surface area contributed by atoms with Crippen LogP contribution in [0.4, 0.5) is 0 Å². The molecule has 18 heavy (non-hydrogen) atoms. The van der Waals surface area contributed by atoms with Crippen molar-refractivity contribution >= 4 is 11.8 Å². The fraction of sp³-hybridized carbons (Fsp3) is 0.600. The van der Waals surface area contributed by atoms with E-state index >= 15 is 0 Å². The van der Waals surface area contributed by atoms with E-state index in [0.717, 1.165) is 25.5 Å². The summed E-state index contributed by atoms with van der Waals surface area (Å²) in [6, 6.07) is 7.54. The number of morpholine rings is 1. The average Bonchev–Trinajstić information content (AvgIpc) is 2.46. The summed E-state index contributed by atoms with van der Waals surface area (Å²) < 4.78 is 5.49. The molecule has 3 rings (SSSR count). The van der Waals surface area contributed by atoms with Gasteiger partial charge in [-0.3, -0.25) is 0 Å². The van der Waals surface area contributed by atoms with Crippen molar-refractivity contribution in [2.24, 2.45) is 0 Å². The molecule has 1 heterocycles. The lowest BCUT2D eigenvalue weighted by Crippen LogP contribution is -2.42. The van der Waals surface area contributed by atoms with Crippen molar-refractivity contribution in [1.29, 1.82) is 0 Å². The molecule has 3 heteroatoms. The molecule has 1 aromatic rings. The van der Waals surface area contributed by atoms with E-state index < -0.39 is 0 Å². The maximum absolute atomic E-state index is 5.49. The Balaban J connectivity index is 1.58. The van der Waals surface area contributed by atoms with Gasteiger partial charge in [0.2, 0.25) is 0 Å². The summed E-state index contributed by atoms with van der Waals surface area (Å²) in [6.45, 7) is 2.72. The molecule has 1 saturated heterocycles. The normalized spacial score (nSPS) is 23.7. The Morgan fingerprint density at radius 1 is 1.22 bits per heavy atom. The van der Waals surface area contributed by atoms with E-state index in [4.69, 9.17) is 4.74 Å². The molecular weight excluding hydrogens is 242 g/mol. The first kappa shape index (κ1) is 12.5. The fourth-order valence-corrected chi connectivity index (χ4v) is 3.72. The van der Waals surface area contributed by atoms with Crippen molar-refractivity contribution in [2.45, 2.75) is 36.6 Å². The van der Waals surface area contributed by atoms with Gasteiger partial charge in [0, 0.05) is 23.2 Å². The Kier molecular flexibility index (Phi) is 4.24. The van der Waals surface area contributed by atoms with Crippen LogP contribution in [0.25, 0.3) is 0 Å². The second kappa shape index (κ2) is 6.09. The van der Waals surface area contributed by atoms with Crippen LogP contribution in [0.1, 0.15) is 24.0 Å². The number of benzene rings is 1. The lowest BCUT2D eigenvalue weighted by Gasteiger charge is -2.23. The third-order valence-corrected chi connectivity index (χ3v) is 4.93. The predicted octanol–water partition coefficient (Wildman–Crippen LogP) is 2.65. The monoisotopic (exact) mass is 263 g/mol. The number of ether oxygens (including phenoxy) is 1. The number of hydrogen-bond acceptors (Lipinski definition) is 3. The molecule has 1 N–H and O–H groups in total. The van der Waals surface area contributed by atoms with Gasteiger partial charge in [-0.1, -0.05) is 6.07 Å². The van der Waals surface area contributed by atoms with Crippen LogP contribution in [0.5, 0.6) is 0 Å². The topological polar surface area (TPSA) is 21.3 Å². The van der Waals surface area contributed by atoms with E-state index in [1.807, 2.05) is 11.8 Å². The molecular formula is C15H21NOS. The molecule has 0 spiro atoms. The highest BCUT2D eigenvalue weighted by Gasteiger charge is 2.14. The highest BCUT2D eigenvalue weighted by atomic mass is 32.2. The Morgan fingerprint density at radius 2 is 2.11 bits per heavy atom. The molecule has 2 aliphatic rings. The van der Waals surface area contributed by atoms with Gasteiger partial charge in [-0.2, -0.15) is 0 Å². The summed E-state index contributed by atoms with van der Waals surface area (Å²) in [5, 5.41) is 3.51. The largest absolute Gasteiger partial charge is 0.378 e. The zero-order valence-electron chi connectivity index (χ0n) is 10.8. The maximum Gasteiger partial charge on any atom is 0.0628 e. The molecule has 98 valence electrons. The van der Waals surface area contributed by atoms with Crippen LogP contribution in [0.2, 0.25) is 0 Å². The zero-order chi connectivity index (χ0) is 12.2. The molecule has 1 aliphatic carbocycles. The van der Waals surface area contributed by atoms with Crippen molar-refractivity contribution < 1.29 is 4.74 Å². The number of aryl methyl sites for hydroxylation is 2. The van der Waals surface area contributed by atoms with Crippen molar-refractivity contribution in [3.05, 3.63) is 29.3 Å². The summed E-state index contributed by atoms with van der Waals surface area (Å²) in [5.41, 5.74) is 3.16. The lowest BCUT2D eigenvalue weighted by molar-refractivity contribution is 0.0837. The van der Waals surface area contributed by atoms with Crippen molar-refractivity contribution in [1.82, 2.24) is 5.32 Å². The fourth-order valence-electron chi connectivity index (χ4n) is 2.72. The van der Waals surface area contributed by atoms with Crippen LogP contribution in [-0.4, -0.2) is 31.6 Å². The van der Waals surface area contributed by atoms with Gasteiger partial charge in [0.05, 0.1) is 13.2 Å². The zero-order valence-corrected chi connectivity index (χ0v) is 11.6. The first-order valence-corrected chi connectivity index (χ1v) is 7.96. The van der Waals surface area contributed by atoms with E-state index in [0.29, 0.717) is 6.04 Å². The van der Waals surface area contributed by atoms with Crippen LogP contribution in [0.15, 0.2) is 23.1 Å². The second-order valence-electron chi connectivity index (χ2n) is 5.17. The molecule has 1 aromatic carbocycles. The van der Waals surface area contributed by atoms with Crippen molar-refractivity contribution in [3.8, 4) is 0 Å². The molecule has 0 aromatic heterocycles. The Hall–Kier alpha value is -0.510. The maximum atomic E-state index is 5.49. The number of thioether (sulfide) groups is 1. The molecule has 1 unspecified atom stereocenters. The second-order valence-corrected chi connectivity index (χ2v) is 6.27. The minimum Gasteiger partial charge on any atom is -0.378 e. The van der Waals surface area contributed by atoms with E-state index in [1.54, 1.807) is 11.1 Å². The van der Waals surface area contributed by atoms with Crippen LogP contribution in [0.3, 0.4) is 0 Å². The predicted molar refractivity (Wildman–Crippen MR) is 76.4 cm³/mol. The van der Waals surface area contributed by atoms with Crippen molar-refractivity contribution in [2.75, 3.05) is 25.5 Å². The number of rotatable bonds is 3. The first-order chi connectivity index (χ1) is 8.92. The number of hydrogen-bond donors (Lipinski definition) is 1. The summed E-state index contributed by atoms with van der Waals surface area (Å²) in [7, 11) is 0. The molecule has 1 atom stereocenters. The van der Waals surface area contributed by atoms with Gasteiger partial charge in [-0.25, -0.2) is 0 Å². The van der Waals surface area contributed by atoms with E-state index in [1.165, 1.54) is 30.6 Å². The van der Waals surface area contributed by atoms with Crippen LogP contribution >= 0.6 is 11.8 Å². The Morgan fingerprint density at radius 3 is 2.94 bits per heavy atom. The summed E-state index contributed by atoms with van der Waals surface area (Å²) in [6.07, 6.45) is 5.27. The standard InChI is InChI=1S/C15H21NOS/c1-2-4-13-9-15(6-5-12(13)3-1)18-11-14-10-17-8-7-16-14/h5-6,9,14,16H,1-4,7-8,10-11H2. The third kappa shape index (κ3) is 3.08. The molecule has 0 saturated carbocycles. The number of fused-ring (bicyclic) bond motifs is 1. The highest BCUT2D eigenvalue weighted by molar-refractivity contribution is 7.99. The van der Waals surface area contributed by atoms with Crippen LogP contribution in [-0.2, 0) is 17.6 Å². The SMILES string of the molecule is c1cc2c(cc1SCC1COCCN1)CCCC2. The van der Waals surface area contributed by atoms with Gasteiger partial charge < -0.3 is 10.1 Å². The van der Waals surface area contributed by atoms with Crippen LogP contribution < -0.4 is 5.32 Å². The number of nitrogens with one attached hydrogen (secondary N) is 1. The van der Waals surface area contributed by atoms with E-state index in [9.17, 15) is 0 Å². The average molecular weight is 263 g/mol. The molecule has 1 aliphatic heterocycles. The smallest absolute Gasteiger partial charge is 0.0628 e. The molecule has 2 nitrogen and oxygen atoms in total. The minimum absolute atomic E-state index is 0.514. The first-order valence-electron chi connectivity index (χ1n) is 6.97. The Labute approximate surface area is 113 Å². The molecule has 0 radical (unpaired) electrons. The quantitative estimate of drug-likeness (QED) is 0.847. The van der Waals surface area contributed by atoms with Gasteiger partial charge in [0.15, 0.2) is 0 Å². The Bertz CT molecular complexity index is 401. The van der Waals surface area contributed by atoms with E-state index in [2.05, 4.69) is 23.5 Å².